The molecular formula is C15H20F2N2O. The molecule has 0 radical (unpaired) electrons. The molecule has 2 rings (SSSR count). The predicted molar refractivity (Wildman–Crippen MR) is 73.1 cm³/mol. The molecule has 1 amide bonds. The maximum Gasteiger partial charge on any atom is 0.223 e. The summed E-state index contributed by atoms with van der Waals surface area (Å²) >= 11 is 0. The number of amides is 1. The average Bonchev–Trinajstić information content (AvgIpc) is 2.39. The van der Waals surface area contributed by atoms with Gasteiger partial charge >= 0.3 is 0 Å². The standard InChI is InChI=1S/C15H20F2N2O/c1-10-8-13(18)6-7-19(10)15(20)5-2-11-9-12(16)3-4-14(11)17/h3-4,9-10,13H,2,5-8,18H2,1H3/t10-,13+/m0/s1. The van der Waals surface area contributed by atoms with Crippen LogP contribution in [0.2, 0.25) is 0 Å². The quantitative estimate of drug-likeness (QED) is 0.924. The molecule has 1 aromatic carbocycles. The summed E-state index contributed by atoms with van der Waals surface area (Å²) in [5, 5.41) is 0. The van der Waals surface area contributed by atoms with Crippen LogP contribution in [-0.4, -0.2) is 29.4 Å². The van der Waals surface area contributed by atoms with Crippen LogP contribution in [-0.2, 0) is 11.2 Å². The van der Waals surface area contributed by atoms with Crippen LogP contribution >= 0.6 is 0 Å². The lowest BCUT2D eigenvalue weighted by atomic mass is 9.98. The molecule has 0 saturated carbocycles. The third-order valence-electron chi connectivity index (χ3n) is 3.85. The SMILES string of the molecule is C[C@H]1C[C@H](N)CCN1C(=O)CCc1cc(F)ccc1F. The Hall–Kier alpha value is -1.49. The Balaban J connectivity index is 1.93. The van der Waals surface area contributed by atoms with Gasteiger partial charge in [-0.15, -0.1) is 0 Å². The van der Waals surface area contributed by atoms with Gasteiger partial charge in [-0.05, 0) is 49.9 Å². The van der Waals surface area contributed by atoms with Gasteiger partial charge in [-0.2, -0.15) is 0 Å². The molecule has 1 aromatic rings. The fourth-order valence-electron chi connectivity index (χ4n) is 2.70. The Bertz CT molecular complexity index is 493. The highest BCUT2D eigenvalue weighted by molar-refractivity contribution is 5.76. The van der Waals surface area contributed by atoms with Gasteiger partial charge in [0.15, 0.2) is 0 Å². The number of carbonyl (C=O) groups excluding carboxylic acids is 1. The van der Waals surface area contributed by atoms with E-state index in [9.17, 15) is 13.6 Å². The topological polar surface area (TPSA) is 46.3 Å². The lowest BCUT2D eigenvalue weighted by molar-refractivity contribution is -0.134. The van der Waals surface area contributed by atoms with E-state index in [-0.39, 0.29) is 36.4 Å². The van der Waals surface area contributed by atoms with Crippen LogP contribution in [0.5, 0.6) is 0 Å². The molecule has 2 atom stereocenters. The molecule has 1 aliphatic heterocycles. The van der Waals surface area contributed by atoms with Crippen molar-refractivity contribution in [2.45, 2.75) is 44.7 Å². The van der Waals surface area contributed by atoms with Gasteiger partial charge in [0, 0.05) is 25.0 Å². The normalized spacial score (nSPS) is 22.9. The first-order chi connectivity index (χ1) is 9.47. The van der Waals surface area contributed by atoms with Gasteiger partial charge < -0.3 is 10.6 Å². The fourth-order valence-corrected chi connectivity index (χ4v) is 2.70. The largest absolute Gasteiger partial charge is 0.340 e. The number of hydrogen-bond donors (Lipinski definition) is 1. The van der Waals surface area contributed by atoms with Crippen molar-refractivity contribution >= 4 is 5.91 Å². The van der Waals surface area contributed by atoms with Crippen LogP contribution < -0.4 is 5.73 Å². The van der Waals surface area contributed by atoms with Gasteiger partial charge in [0.05, 0.1) is 0 Å². The third kappa shape index (κ3) is 3.54. The maximum atomic E-state index is 13.5. The van der Waals surface area contributed by atoms with Crippen LogP contribution in [0, 0.1) is 11.6 Å². The second-order valence-corrected chi connectivity index (χ2v) is 5.46. The van der Waals surface area contributed by atoms with Crippen LogP contribution in [0.1, 0.15) is 31.7 Å². The summed E-state index contributed by atoms with van der Waals surface area (Å²) in [5.74, 6) is -0.966. The number of piperidine rings is 1. The molecule has 5 heteroatoms. The minimum absolute atomic E-state index is 0.0203. The number of benzene rings is 1. The van der Waals surface area contributed by atoms with Crippen LogP contribution in [0.4, 0.5) is 8.78 Å². The molecule has 3 nitrogen and oxygen atoms in total. The Labute approximate surface area is 117 Å². The zero-order valence-electron chi connectivity index (χ0n) is 11.6. The molecule has 1 aliphatic rings. The molecule has 0 unspecified atom stereocenters. The number of hydrogen-bond acceptors (Lipinski definition) is 2. The summed E-state index contributed by atoms with van der Waals surface area (Å²) in [7, 11) is 0. The van der Waals surface area contributed by atoms with E-state index < -0.39 is 11.6 Å². The molecule has 20 heavy (non-hydrogen) atoms. The summed E-state index contributed by atoms with van der Waals surface area (Å²) in [6.07, 6.45) is 2.00. The third-order valence-corrected chi connectivity index (χ3v) is 3.85. The first-order valence-electron chi connectivity index (χ1n) is 6.96. The Morgan fingerprint density at radius 2 is 2.20 bits per heavy atom. The van der Waals surface area contributed by atoms with E-state index in [2.05, 4.69) is 0 Å². The van der Waals surface area contributed by atoms with Crippen molar-refractivity contribution in [1.29, 1.82) is 0 Å². The Morgan fingerprint density at radius 1 is 1.45 bits per heavy atom. The lowest BCUT2D eigenvalue weighted by Gasteiger charge is -2.36. The van der Waals surface area contributed by atoms with Crippen molar-refractivity contribution in [2.75, 3.05) is 6.54 Å². The maximum absolute atomic E-state index is 13.5. The van der Waals surface area contributed by atoms with Crippen molar-refractivity contribution < 1.29 is 13.6 Å². The minimum atomic E-state index is -0.480. The highest BCUT2D eigenvalue weighted by atomic mass is 19.1. The van der Waals surface area contributed by atoms with E-state index in [1.165, 1.54) is 0 Å². The molecule has 1 fully saturated rings. The second kappa shape index (κ2) is 6.31. The summed E-state index contributed by atoms with van der Waals surface area (Å²) in [4.78, 5) is 13.9. The van der Waals surface area contributed by atoms with Gasteiger partial charge in [-0.25, -0.2) is 8.78 Å². The molecule has 0 spiro atoms. The predicted octanol–water partition coefficient (Wildman–Crippen LogP) is 2.24. The minimum Gasteiger partial charge on any atom is -0.340 e. The molecule has 110 valence electrons. The number of likely N-dealkylation sites (tertiary alicyclic amines) is 1. The highest BCUT2D eigenvalue weighted by Crippen LogP contribution is 2.18. The second-order valence-electron chi connectivity index (χ2n) is 5.46. The highest BCUT2D eigenvalue weighted by Gasteiger charge is 2.26. The van der Waals surface area contributed by atoms with Gasteiger partial charge in [0.2, 0.25) is 5.91 Å². The van der Waals surface area contributed by atoms with Crippen molar-refractivity contribution in [1.82, 2.24) is 4.90 Å². The van der Waals surface area contributed by atoms with E-state index >= 15 is 0 Å². The molecule has 2 N–H and O–H groups in total. The van der Waals surface area contributed by atoms with Crippen molar-refractivity contribution in [2.24, 2.45) is 5.73 Å². The lowest BCUT2D eigenvalue weighted by Crippen LogP contribution is -2.48. The molecule has 0 aromatic heterocycles. The van der Waals surface area contributed by atoms with E-state index in [1.807, 2.05) is 6.92 Å². The van der Waals surface area contributed by atoms with Crippen molar-refractivity contribution in [3.63, 3.8) is 0 Å². The monoisotopic (exact) mass is 282 g/mol. The van der Waals surface area contributed by atoms with E-state index in [4.69, 9.17) is 5.73 Å². The summed E-state index contributed by atoms with van der Waals surface area (Å²) in [6.45, 7) is 2.62. The summed E-state index contributed by atoms with van der Waals surface area (Å²) < 4.78 is 26.5. The number of aryl methyl sites for hydroxylation is 1. The van der Waals surface area contributed by atoms with Crippen LogP contribution in [0.3, 0.4) is 0 Å². The zero-order valence-corrected chi connectivity index (χ0v) is 11.6. The van der Waals surface area contributed by atoms with Gasteiger partial charge in [-0.1, -0.05) is 0 Å². The molecule has 0 aliphatic carbocycles. The number of nitrogens with two attached hydrogens (primary N) is 1. The zero-order chi connectivity index (χ0) is 14.7. The van der Waals surface area contributed by atoms with Crippen molar-refractivity contribution in [3.05, 3.63) is 35.4 Å². The molecule has 1 heterocycles. The van der Waals surface area contributed by atoms with Gasteiger partial charge in [0.1, 0.15) is 11.6 Å². The smallest absolute Gasteiger partial charge is 0.223 e. The first-order valence-corrected chi connectivity index (χ1v) is 6.96. The van der Waals surface area contributed by atoms with Crippen LogP contribution in [0.15, 0.2) is 18.2 Å². The van der Waals surface area contributed by atoms with E-state index in [0.29, 0.717) is 6.54 Å². The number of nitrogens with zero attached hydrogens (tertiary/aromatic N) is 1. The van der Waals surface area contributed by atoms with Crippen LogP contribution in [0.25, 0.3) is 0 Å². The number of halogens is 2. The molecule has 0 bridgehead atoms. The van der Waals surface area contributed by atoms with E-state index in [1.54, 1.807) is 4.90 Å². The Kier molecular flexibility index (Phi) is 4.70. The number of rotatable bonds is 3. The van der Waals surface area contributed by atoms with E-state index in [0.717, 1.165) is 31.0 Å². The Morgan fingerprint density at radius 3 is 2.90 bits per heavy atom. The van der Waals surface area contributed by atoms with Gasteiger partial charge in [-0.3, -0.25) is 4.79 Å². The first kappa shape index (κ1) is 14.9. The molecular weight excluding hydrogens is 262 g/mol. The summed E-state index contributed by atoms with van der Waals surface area (Å²) in [6, 6.07) is 3.59. The average molecular weight is 282 g/mol. The summed E-state index contributed by atoms with van der Waals surface area (Å²) in [5.41, 5.74) is 6.11. The molecule has 1 saturated heterocycles. The van der Waals surface area contributed by atoms with Crippen molar-refractivity contribution in [3.8, 4) is 0 Å². The van der Waals surface area contributed by atoms with Gasteiger partial charge in [0.25, 0.3) is 0 Å². The number of carbonyl (C=O) groups is 1. The fraction of sp³-hybridized carbons (Fsp3) is 0.533.